The van der Waals surface area contributed by atoms with Crippen LogP contribution in [0.1, 0.15) is 39.6 Å². The van der Waals surface area contributed by atoms with E-state index in [0.717, 1.165) is 0 Å². The van der Waals surface area contributed by atoms with Crippen LogP contribution < -0.4 is 0 Å². The summed E-state index contributed by atoms with van der Waals surface area (Å²) in [5, 5.41) is 27.5. The molecule has 1 atom stereocenters. The SMILES string of the molecule is N#Cc1ccc(C(=O)CC(O)c2ccc(C#N)cc2)cc1. The number of nitriles is 2. The Morgan fingerprint density at radius 2 is 1.43 bits per heavy atom. The Balaban J connectivity index is 2.07. The van der Waals surface area contributed by atoms with Gasteiger partial charge >= 0.3 is 0 Å². The summed E-state index contributed by atoms with van der Waals surface area (Å²) >= 11 is 0. The van der Waals surface area contributed by atoms with E-state index < -0.39 is 6.10 Å². The van der Waals surface area contributed by atoms with Gasteiger partial charge in [-0.1, -0.05) is 24.3 Å². The lowest BCUT2D eigenvalue weighted by atomic mass is 9.99. The molecule has 0 heterocycles. The summed E-state index contributed by atoms with van der Waals surface area (Å²) in [4.78, 5) is 12.1. The Hall–Kier alpha value is -2.95. The fraction of sp³-hybridized carbons (Fsp3) is 0.118. The molecule has 0 radical (unpaired) electrons. The highest BCUT2D eigenvalue weighted by molar-refractivity contribution is 5.96. The molecule has 0 aliphatic carbocycles. The predicted molar refractivity (Wildman–Crippen MR) is 76.2 cm³/mol. The molecule has 1 N–H and O–H groups in total. The number of aliphatic hydroxyl groups excluding tert-OH is 1. The number of carbonyl (C=O) groups is 1. The largest absolute Gasteiger partial charge is 0.388 e. The number of nitrogens with zero attached hydrogens (tertiary/aromatic N) is 2. The van der Waals surface area contributed by atoms with Crippen LogP contribution in [0.5, 0.6) is 0 Å². The lowest BCUT2D eigenvalue weighted by Crippen LogP contribution is -2.07. The van der Waals surface area contributed by atoms with Gasteiger partial charge in [-0.2, -0.15) is 10.5 Å². The Bertz CT molecular complexity index is 719. The molecule has 0 aliphatic rings. The van der Waals surface area contributed by atoms with Gasteiger partial charge in [-0.25, -0.2) is 0 Å². The zero-order valence-electron chi connectivity index (χ0n) is 11.2. The van der Waals surface area contributed by atoms with Crippen molar-refractivity contribution in [2.75, 3.05) is 0 Å². The van der Waals surface area contributed by atoms with Gasteiger partial charge in [0.1, 0.15) is 0 Å². The normalized spacial score (nSPS) is 11.2. The second-order valence-electron chi connectivity index (χ2n) is 4.57. The topological polar surface area (TPSA) is 84.9 Å². The van der Waals surface area contributed by atoms with Gasteiger partial charge in [-0.15, -0.1) is 0 Å². The van der Waals surface area contributed by atoms with Crippen molar-refractivity contribution < 1.29 is 9.90 Å². The van der Waals surface area contributed by atoms with Crippen LogP contribution in [0.4, 0.5) is 0 Å². The van der Waals surface area contributed by atoms with Crippen LogP contribution in [0.25, 0.3) is 0 Å². The second kappa shape index (κ2) is 6.47. The Kier molecular flexibility index (Phi) is 4.46. The van der Waals surface area contributed by atoms with E-state index in [1.54, 1.807) is 48.5 Å². The molecule has 0 bridgehead atoms. The second-order valence-corrected chi connectivity index (χ2v) is 4.57. The van der Waals surface area contributed by atoms with Crippen LogP contribution in [0, 0.1) is 22.7 Å². The average Bonchev–Trinajstić information content (AvgIpc) is 2.55. The summed E-state index contributed by atoms with van der Waals surface area (Å²) in [6, 6.07) is 16.7. The van der Waals surface area contributed by atoms with Gasteiger partial charge in [0.15, 0.2) is 5.78 Å². The Labute approximate surface area is 122 Å². The first-order valence-corrected chi connectivity index (χ1v) is 6.35. The molecule has 0 saturated heterocycles. The maximum absolute atomic E-state index is 12.1. The zero-order chi connectivity index (χ0) is 15.2. The fourth-order valence-electron chi connectivity index (χ4n) is 1.92. The molecule has 0 saturated carbocycles. The molecule has 0 aliphatic heterocycles. The number of hydrogen-bond donors (Lipinski definition) is 1. The number of benzene rings is 2. The van der Waals surface area contributed by atoms with Gasteiger partial charge in [0.2, 0.25) is 0 Å². The van der Waals surface area contributed by atoms with Crippen molar-refractivity contribution >= 4 is 5.78 Å². The molecule has 2 aromatic rings. The summed E-state index contributed by atoms with van der Waals surface area (Å²) in [5.41, 5.74) is 2.04. The maximum Gasteiger partial charge on any atom is 0.165 e. The molecular weight excluding hydrogens is 264 g/mol. The summed E-state index contributed by atoms with van der Waals surface area (Å²) in [6.07, 6.45) is -0.960. The number of rotatable bonds is 4. The van der Waals surface area contributed by atoms with E-state index in [1.807, 2.05) is 12.1 Å². The number of ketones is 1. The first kappa shape index (κ1) is 14.5. The van der Waals surface area contributed by atoms with Crippen LogP contribution in [-0.2, 0) is 0 Å². The lowest BCUT2D eigenvalue weighted by molar-refractivity contribution is 0.0880. The first-order valence-electron chi connectivity index (χ1n) is 6.35. The minimum atomic E-state index is -0.916. The molecule has 1 unspecified atom stereocenters. The van der Waals surface area contributed by atoms with Gasteiger partial charge < -0.3 is 5.11 Å². The minimum absolute atomic E-state index is 0.0438. The number of Topliss-reactive ketones (excluding diaryl/α,β-unsaturated/α-hetero) is 1. The molecule has 0 fully saturated rings. The molecule has 2 aromatic carbocycles. The van der Waals surface area contributed by atoms with Crippen molar-refractivity contribution in [3.05, 3.63) is 70.8 Å². The Morgan fingerprint density at radius 1 is 0.952 bits per heavy atom. The quantitative estimate of drug-likeness (QED) is 0.870. The summed E-state index contributed by atoms with van der Waals surface area (Å²) in [6.45, 7) is 0. The van der Waals surface area contributed by atoms with Gasteiger partial charge in [0, 0.05) is 12.0 Å². The molecule has 2 rings (SSSR count). The molecule has 0 aromatic heterocycles. The molecular formula is C17H12N2O2. The third-order valence-electron chi connectivity index (χ3n) is 3.14. The van der Waals surface area contributed by atoms with Crippen LogP contribution >= 0.6 is 0 Å². The minimum Gasteiger partial charge on any atom is -0.388 e. The average molecular weight is 276 g/mol. The summed E-state index contributed by atoms with van der Waals surface area (Å²) in [7, 11) is 0. The van der Waals surface area contributed by atoms with Crippen LogP contribution in [-0.4, -0.2) is 10.9 Å². The van der Waals surface area contributed by atoms with E-state index in [9.17, 15) is 9.90 Å². The monoisotopic (exact) mass is 276 g/mol. The third kappa shape index (κ3) is 3.54. The highest BCUT2D eigenvalue weighted by Crippen LogP contribution is 2.19. The predicted octanol–water partition coefficient (Wildman–Crippen LogP) is 2.74. The fourth-order valence-corrected chi connectivity index (χ4v) is 1.92. The van der Waals surface area contributed by atoms with E-state index >= 15 is 0 Å². The van der Waals surface area contributed by atoms with Gasteiger partial charge in [0.05, 0.1) is 29.4 Å². The molecule has 0 spiro atoms. The van der Waals surface area contributed by atoms with E-state index in [1.165, 1.54) is 0 Å². The van der Waals surface area contributed by atoms with Crippen LogP contribution in [0.2, 0.25) is 0 Å². The van der Waals surface area contributed by atoms with Crippen molar-refractivity contribution in [1.82, 2.24) is 0 Å². The number of carbonyl (C=O) groups excluding carboxylic acids is 1. The van der Waals surface area contributed by atoms with Gasteiger partial charge in [-0.05, 0) is 29.8 Å². The zero-order valence-corrected chi connectivity index (χ0v) is 11.2. The lowest BCUT2D eigenvalue weighted by Gasteiger charge is -2.10. The molecule has 21 heavy (non-hydrogen) atoms. The van der Waals surface area contributed by atoms with Gasteiger partial charge in [-0.3, -0.25) is 4.79 Å². The number of hydrogen-bond acceptors (Lipinski definition) is 4. The van der Waals surface area contributed by atoms with E-state index in [0.29, 0.717) is 22.3 Å². The Morgan fingerprint density at radius 3 is 1.90 bits per heavy atom. The molecule has 102 valence electrons. The standard InChI is InChI=1S/C17H12N2O2/c18-10-12-1-5-14(6-2-12)16(20)9-17(21)15-7-3-13(11-19)4-8-15/h1-8,16,20H,9H2. The highest BCUT2D eigenvalue weighted by Gasteiger charge is 2.14. The third-order valence-corrected chi connectivity index (χ3v) is 3.14. The van der Waals surface area contributed by atoms with Crippen molar-refractivity contribution in [3.8, 4) is 12.1 Å². The van der Waals surface area contributed by atoms with Crippen LogP contribution in [0.15, 0.2) is 48.5 Å². The highest BCUT2D eigenvalue weighted by atomic mass is 16.3. The van der Waals surface area contributed by atoms with Gasteiger partial charge in [0.25, 0.3) is 0 Å². The van der Waals surface area contributed by atoms with Crippen LogP contribution in [0.3, 0.4) is 0 Å². The van der Waals surface area contributed by atoms with Crippen molar-refractivity contribution in [2.45, 2.75) is 12.5 Å². The molecule has 0 amide bonds. The van der Waals surface area contributed by atoms with Crippen molar-refractivity contribution in [1.29, 1.82) is 10.5 Å². The first-order chi connectivity index (χ1) is 10.1. The maximum atomic E-state index is 12.1. The smallest absolute Gasteiger partial charge is 0.165 e. The summed E-state index contributed by atoms with van der Waals surface area (Å²) in [5.74, 6) is -0.198. The van der Waals surface area contributed by atoms with E-state index in [2.05, 4.69) is 0 Å². The van der Waals surface area contributed by atoms with Crippen molar-refractivity contribution in [3.63, 3.8) is 0 Å². The van der Waals surface area contributed by atoms with E-state index in [-0.39, 0.29) is 12.2 Å². The molecule has 4 heteroatoms. The van der Waals surface area contributed by atoms with Crippen molar-refractivity contribution in [2.24, 2.45) is 0 Å². The molecule has 4 nitrogen and oxygen atoms in total. The number of aliphatic hydroxyl groups is 1. The summed E-state index contributed by atoms with van der Waals surface area (Å²) < 4.78 is 0. The van der Waals surface area contributed by atoms with E-state index in [4.69, 9.17) is 10.5 Å².